The van der Waals surface area contributed by atoms with Gasteiger partial charge in [0, 0.05) is 4.91 Å². The van der Waals surface area contributed by atoms with Gasteiger partial charge in [0.05, 0.1) is 13.2 Å². The Balaban J connectivity index is 2.03. The molecule has 3 rings (SSSR count). The van der Waals surface area contributed by atoms with Gasteiger partial charge in [0.1, 0.15) is 5.75 Å². The molecule has 112 valence electrons. The summed E-state index contributed by atoms with van der Waals surface area (Å²) >= 11 is 0. The molecule has 0 aromatic heterocycles. The Morgan fingerprint density at radius 2 is 1.91 bits per heavy atom. The molecular weight excluding hydrogens is 274 g/mol. The molecule has 0 spiro atoms. The van der Waals surface area contributed by atoms with Gasteiger partial charge in [-0.15, -0.1) is 0 Å². The minimum Gasteiger partial charge on any atom is -0.497 e. The Hall–Kier alpha value is -2.45. The van der Waals surface area contributed by atoms with Gasteiger partial charge >= 0.3 is 0 Å². The second-order valence-corrected chi connectivity index (χ2v) is 5.62. The van der Waals surface area contributed by atoms with Crippen LogP contribution in [0.15, 0.2) is 53.6 Å². The maximum atomic E-state index is 9.02. The molecule has 0 saturated carbocycles. The first-order valence-corrected chi connectivity index (χ1v) is 7.59. The second-order valence-electron chi connectivity index (χ2n) is 5.62. The summed E-state index contributed by atoms with van der Waals surface area (Å²) in [7, 11) is 1.67. The fourth-order valence-electron chi connectivity index (χ4n) is 3.34. The normalized spacial score (nSPS) is 20.4. The van der Waals surface area contributed by atoms with Crippen molar-refractivity contribution >= 4 is 0 Å². The first-order chi connectivity index (χ1) is 10.8. The summed E-state index contributed by atoms with van der Waals surface area (Å²) in [6.45, 7) is 0. The molecular formula is C18H19N3O. The summed E-state index contributed by atoms with van der Waals surface area (Å²) < 4.78 is 5.23. The highest BCUT2D eigenvalue weighted by Crippen LogP contribution is 2.42. The highest BCUT2D eigenvalue weighted by molar-refractivity contribution is 5.37. The average Bonchev–Trinajstić information content (AvgIpc) is 2.75. The van der Waals surface area contributed by atoms with E-state index < -0.39 is 0 Å². The van der Waals surface area contributed by atoms with Gasteiger partial charge in [0.2, 0.25) is 0 Å². The maximum Gasteiger partial charge on any atom is 0.118 e. The lowest BCUT2D eigenvalue weighted by Crippen LogP contribution is -2.08. The van der Waals surface area contributed by atoms with Crippen LogP contribution in [-0.4, -0.2) is 7.11 Å². The first-order valence-electron chi connectivity index (χ1n) is 7.59. The fraction of sp³-hybridized carbons (Fsp3) is 0.333. The van der Waals surface area contributed by atoms with Crippen molar-refractivity contribution in [3.05, 3.63) is 75.7 Å². The van der Waals surface area contributed by atoms with E-state index in [4.69, 9.17) is 10.3 Å². The summed E-state index contributed by atoms with van der Waals surface area (Å²) in [5, 5.41) is 4.13. The van der Waals surface area contributed by atoms with Crippen LogP contribution in [0.3, 0.4) is 0 Å². The van der Waals surface area contributed by atoms with Gasteiger partial charge in [-0.1, -0.05) is 41.5 Å². The summed E-state index contributed by atoms with van der Waals surface area (Å²) in [6, 6.07) is 16.3. The van der Waals surface area contributed by atoms with Crippen LogP contribution in [0.2, 0.25) is 0 Å². The van der Waals surface area contributed by atoms with Crippen molar-refractivity contribution in [1.29, 1.82) is 0 Å². The summed E-state index contributed by atoms with van der Waals surface area (Å²) in [5.74, 6) is 1.06. The van der Waals surface area contributed by atoms with Gasteiger partial charge in [0.15, 0.2) is 0 Å². The van der Waals surface area contributed by atoms with Gasteiger partial charge in [-0.25, -0.2) is 0 Å². The molecule has 1 aliphatic rings. The Bertz CT molecular complexity index is 690. The number of benzene rings is 2. The molecule has 0 N–H and O–H groups in total. The van der Waals surface area contributed by atoms with E-state index in [9.17, 15) is 0 Å². The highest BCUT2D eigenvalue weighted by Gasteiger charge is 2.28. The number of hydrogen-bond acceptors (Lipinski definition) is 2. The van der Waals surface area contributed by atoms with Gasteiger partial charge < -0.3 is 4.74 Å². The zero-order valence-corrected chi connectivity index (χ0v) is 12.6. The van der Waals surface area contributed by atoms with E-state index in [2.05, 4.69) is 40.4 Å². The van der Waals surface area contributed by atoms with Crippen molar-refractivity contribution in [3.8, 4) is 5.75 Å². The number of fused-ring (bicyclic) bond motifs is 1. The zero-order valence-electron chi connectivity index (χ0n) is 12.6. The number of hydrogen-bond donors (Lipinski definition) is 0. The van der Waals surface area contributed by atoms with Crippen LogP contribution >= 0.6 is 0 Å². The molecule has 0 unspecified atom stereocenters. The molecule has 4 nitrogen and oxygen atoms in total. The van der Waals surface area contributed by atoms with Crippen molar-refractivity contribution in [2.24, 2.45) is 5.11 Å². The van der Waals surface area contributed by atoms with Crippen molar-refractivity contribution < 1.29 is 4.74 Å². The number of azide groups is 1. The van der Waals surface area contributed by atoms with E-state index in [0.717, 1.165) is 25.0 Å². The van der Waals surface area contributed by atoms with E-state index in [1.54, 1.807) is 7.11 Å². The molecule has 2 atom stereocenters. The minimum atomic E-state index is -0.142. The largest absolute Gasteiger partial charge is 0.497 e. The van der Waals surface area contributed by atoms with Crippen LogP contribution in [0.5, 0.6) is 5.75 Å². The number of methoxy groups -OCH3 is 1. The van der Waals surface area contributed by atoms with Crippen LogP contribution in [0.4, 0.5) is 0 Å². The van der Waals surface area contributed by atoms with E-state index in [0.29, 0.717) is 0 Å². The van der Waals surface area contributed by atoms with E-state index in [1.165, 1.54) is 16.7 Å². The maximum absolute atomic E-state index is 9.02. The molecule has 0 radical (unpaired) electrons. The van der Waals surface area contributed by atoms with Crippen LogP contribution in [0, 0.1) is 0 Å². The Kier molecular flexibility index (Phi) is 4.31. The summed E-state index contributed by atoms with van der Waals surface area (Å²) in [6.07, 6.45) is 3.16. The summed E-state index contributed by atoms with van der Waals surface area (Å²) in [5.41, 5.74) is 12.7. The minimum absolute atomic E-state index is 0.142. The smallest absolute Gasteiger partial charge is 0.118 e. The van der Waals surface area contributed by atoms with Crippen molar-refractivity contribution in [3.63, 3.8) is 0 Å². The molecule has 0 bridgehead atoms. The van der Waals surface area contributed by atoms with E-state index >= 15 is 0 Å². The SMILES string of the molecule is COc1ccc([C@H]2CCCc3ccccc3[C@H]2N=[N+]=[N-])cc1. The molecule has 0 fully saturated rings. The van der Waals surface area contributed by atoms with Crippen molar-refractivity contribution in [1.82, 2.24) is 0 Å². The summed E-state index contributed by atoms with van der Waals surface area (Å²) in [4.78, 5) is 3.11. The predicted molar refractivity (Wildman–Crippen MR) is 87.0 cm³/mol. The fourth-order valence-corrected chi connectivity index (χ4v) is 3.34. The highest BCUT2D eigenvalue weighted by atomic mass is 16.5. The standard InChI is InChI=1S/C18H19N3O/c1-22-15-11-9-14(10-12-15)17-8-4-6-13-5-2-3-7-16(13)18(17)20-21-19/h2-3,5,7,9-12,17-18H,4,6,8H2,1H3/t17-,18-/m1/s1. The van der Waals surface area contributed by atoms with Gasteiger partial charge in [-0.05, 0) is 59.5 Å². The second kappa shape index (κ2) is 6.54. The molecule has 4 heteroatoms. The number of ether oxygens (including phenoxy) is 1. The number of aryl methyl sites for hydroxylation is 1. The topological polar surface area (TPSA) is 58.0 Å². The van der Waals surface area contributed by atoms with Crippen molar-refractivity contribution in [2.45, 2.75) is 31.2 Å². The number of nitrogens with zero attached hydrogens (tertiary/aromatic N) is 3. The van der Waals surface area contributed by atoms with Gasteiger partial charge in [-0.2, -0.15) is 0 Å². The molecule has 0 saturated heterocycles. The van der Waals surface area contributed by atoms with Crippen LogP contribution in [0.25, 0.3) is 10.4 Å². The van der Waals surface area contributed by atoms with E-state index in [1.807, 2.05) is 18.2 Å². The lowest BCUT2D eigenvalue weighted by molar-refractivity contribution is 0.414. The van der Waals surface area contributed by atoms with Crippen LogP contribution in [0.1, 0.15) is 41.5 Å². The molecule has 0 heterocycles. The Morgan fingerprint density at radius 3 is 2.64 bits per heavy atom. The predicted octanol–water partition coefficient (Wildman–Crippen LogP) is 5.17. The molecule has 2 aromatic rings. The Morgan fingerprint density at radius 1 is 1.14 bits per heavy atom. The van der Waals surface area contributed by atoms with E-state index in [-0.39, 0.29) is 12.0 Å². The lowest BCUT2D eigenvalue weighted by atomic mass is 9.85. The quantitative estimate of drug-likeness (QED) is 0.333. The van der Waals surface area contributed by atoms with Crippen molar-refractivity contribution in [2.75, 3.05) is 7.11 Å². The molecule has 0 amide bonds. The lowest BCUT2D eigenvalue weighted by Gasteiger charge is -2.23. The Labute approximate surface area is 130 Å². The number of rotatable bonds is 3. The zero-order chi connectivity index (χ0) is 15.4. The first kappa shape index (κ1) is 14.5. The molecule has 1 aliphatic carbocycles. The third kappa shape index (κ3) is 2.78. The molecule has 2 aromatic carbocycles. The van der Waals surface area contributed by atoms with Gasteiger partial charge in [0.25, 0.3) is 0 Å². The third-order valence-corrected chi connectivity index (χ3v) is 4.44. The third-order valence-electron chi connectivity index (χ3n) is 4.44. The van der Waals surface area contributed by atoms with Crippen LogP contribution < -0.4 is 4.74 Å². The van der Waals surface area contributed by atoms with Crippen LogP contribution in [-0.2, 0) is 6.42 Å². The average molecular weight is 293 g/mol. The van der Waals surface area contributed by atoms with Gasteiger partial charge in [-0.3, -0.25) is 0 Å². The monoisotopic (exact) mass is 293 g/mol. The molecule has 0 aliphatic heterocycles. The molecule has 22 heavy (non-hydrogen) atoms.